The highest BCUT2D eigenvalue weighted by Crippen LogP contribution is 2.25. The first-order chi connectivity index (χ1) is 10.7. The molecule has 0 bridgehead atoms. The van der Waals surface area contributed by atoms with Gasteiger partial charge in [-0.15, -0.1) is 0 Å². The summed E-state index contributed by atoms with van der Waals surface area (Å²) in [7, 11) is 1.66. The van der Waals surface area contributed by atoms with Crippen LogP contribution >= 0.6 is 0 Å². The van der Waals surface area contributed by atoms with Crippen LogP contribution in [0.3, 0.4) is 0 Å². The van der Waals surface area contributed by atoms with Crippen LogP contribution in [0.2, 0.25) is 0 Å². The van der Waals surface area contributed by atoms with Crippen molar-refractivity contribution in [3.8, 4) is 0 Å². The number of ether oxygens (including phenoxy) is 1. The molecule has 0 fully saturated rings. The Kier molecular flexibility index (Phi) is 3.50. The van der Waals surface area contributed by atoms with Gasteiger partial charge in [0.2, 0.25) is 0 Å². The lowest BCUT2D eigenvalue weighted by molar-refractivity contribution is 0.0527. The lowest BCUT2D eigenvalue weighted by Gasteiger charge is -2.10. The normalized spacial score (nSPS) is 10.8. The minimum atomic E-state index is -0.534. The summed E-state index contributed by atoms with van der Waals surface area (Å²) in [5.41, 5.74) is 0.622. The molecular weight excluding hydrogens is 284 g/mol. The first-order valence-electron chi connectivity index (χ1n) is 6.87. The third-order valence-electron chi connectivity index (χ3n) is 3.32. The minimum Gasteiger partial charge on any atom is -0.462 e. The number of anilines is 1. The molecule has 0 unspecified atom stereocenters. The van der Waals surface area contributed by atoms with Crippen molar-refractivity contribution in [2.75, 3.05) is 19.0 Å². The van der Waals surface area contributed by atoms with Crippen LogP contribution in [0, 0.1) is 0 Å². The fraction of sp³-hybridized carbons (Fsp3) is 0.188. The Morgan fingerprint density at radius 2 is 2.09 bits per heavy atom. The average Bonchev–Trinajstić information content (AvgIpc) is 2.54. The number of fused-ring (bicyclic) bond motifs is 3. The maximum atomic E-state index is 12.1. The van der Waals surface area contributed by atoms with Gasteiger partial charge < -0.3 is 14.5 Å². The van der Waals surface area contributed by atoms with E-state index >= 15 is 0 Å². The van der Waals surface area contributed by atoms with E-state index in [1.54, 1.807) is 26.1 Å². The van der Waals surface area contributed by atoms with Gasteiger partial charge in [-0.25, -0.2) is 14.6 Å². The van der Waals surface area contributed by atoms with Gasteiger partial charge in [0.1, 0.15) is 17.0 Å². The molecule has 0 aliphatic rings. The largest absolute Gasteiger partial charge is 0.462 e. The van der Waals surface area contributed by atoms with Gasteiger partial charge in [0.25, 0.3) is 0 Å². The van der Waals surface area contributed by atoms with Crippen LogP contribution in [-0.4, -0.2) is 24.6 Å². The number of nitrogens with zero attached hydrogens (tertiary/aromatic N) is 1. The molecule has 2 heterocycles. The van der Waals surface area contributed by atoms with Gasteiger partial charge in [0.05, 0.1) is 17.5 Å². The summed E-state index contributed by atoms with van der Waals surface area (Å²) in [5.74, 6) is -0.171. The van der Waals surface area contributed by atoms with Crippen LogP contribution in [0.25, 0.3) is 21.9 Å². The number of para-hydroxylation sites is 1. The van der Waals surface area contributed by atoms with E-state index in [-0.39, 0.29) is 17.6 Å². The van der Waals surface area contributed by atoms with E-state index in [2.05, 4.69) is 10.3 Å². The predicted octanol–water partition coefficient (Wildman–Crippen LogP) is 2.56. The molecule has 3 rings (SSSR count). The fourth-order valence-electron chi connectivity index (χ4n) is 2.34. The number of aromatic nitrogens is 1. The Morgan fingerprint density at radius 1 is 1.32 bits per heavy atom. The van der Waals surface area contributed by atoms with Crippen LogP contribution in [0.5, 0.6) is 0 Å². The van der Waals surface area contributed by atoms with Gasteiger partial charge in [0, 0.05) is 12.4 Å². The van der Waals surface area contributed by atoms with Crippen LogP contribution in [-0.2, 0) is 4.74 Å². The number of hydrogen-bond donors (Lipinski definition) is 1. The lowest BCUT2D eigenvalue weighted by Crippen LogP contribution is -2.12. The summed E-state index contributed by atoms with van der Waals surface area (Å²) >= 11 is 0. The molecule has 0 aliphatic heterocycles. The lowest BCUT2D eigenvalue weighted by atomic mass is 10.1. The maximum Gasteiger partial charge on any atom is 0.345 e. The predicted molar refractivity (Wildman–Crippen MR) is 83.3 cm³/mol. The number of nitrogens with one attached hydrogen (secondary N) is 1. The highest BCUT2D eigenvalue weighted by Gasteiger charge is 2.18. The van der Waals surface area contributed by atoms with Crippen LogP contribution < -0.4 is 10.9 Å². The molecule has 0 radical (unpaired) electrons. The summed E-state index contributed by atoms with van der Waals surface area (Å²) in [4.78, 5) is 28.6. The summed E-state index contributed by atoms with van der Waals surface area (Å²) in [5, 5.41) is 3.83. The van der Waals surface area contributed by atoms with Gasteiger partial charge >= 0.3 is 11.6 Å². The van der Waals surface area contributed by atoms with E-state index in [4.69, 9.17) is 9.15 Å². The smallest absolute Gasteiger partial charge is 0.345 e. The zero-order valence-electron chi connectivity index (χ0n) is 12.2. The summed E-state index contributed by atoms with van der Waals surface area (Å²) in [6, 6.07) is 8.60. The number of esters is 1. The number of pyridine rings is 1. The third-order valence-corrected chi connectivity index (χ3v) is 3.32. The van der Waals surface area contributed by atoms with E-state index in [0.717, 1.165) is 0 Å². The van der Waals surface area contributed by atoms with Crippen LogP contribution in [0.1, 0.15) is 17.3 Å². The van der Waals surface area contributed by atoms with Crippen molar-refractivity contribution in [1.82, 2.24) is 4.98 Å². The van der Waals surface area contributed by atoms with E-state index in [0.29, 0.717) is 22.3 Å². The second kappa shape index (κ2) is 5.48. The first kappa shape index (κ1) is 14.1. The van der Waals surface area contributed by atoms with Gasteiger partial charge in [0.15, 0.2) is 0 Å². The number of carbonyl (C=O) groups is 1. The van der Waals surface area contributed by atoms with Crippen molar-refractivity contribution in [2.45, 2.75) is 6.92 Å². The number of rotatable bonds is 3. The Balaban J connectivity index is 2.39. The highest BCUT2D eigenvalue weighted by atomic mass is 16.5. The van der Waals surface area contributed by atoms with Gasteiger partial charge in [-0.3, -0.25) is 0 Å². The number of carbonyl (C=O) groups excluding carboxylic acids is 1. The molecule has 22 heavy (non-hydrogen) atoms. The molecule has 0 atom stereocenters. The summed E-state index contributed by atoms with van der Waals surface area (Å²) in [6.45, 7) is 1.96. The Bertz CT molecular complexity index is 930. The highest BCUT2D eigenvalue weighted by molar-refractivity contribution is 6.06. The molecule has 0 amide bonds. The Labute approximate surface area is 125 Å². The third kappa shape index (κ3) is 2.18. The fourth-order valence-corrected chi connectivity index (χ4v) is 2.34. The second-order valence-electron chi connectivity index (χ2n) is 4.64. The standard InChI is InChI=1S/C16H14N2O4/c1-3-21-15(19)11-8-10-13(18-14(11)17-2)9-6-4-5-7-12(9)22-16(10)20/h4-8H,3H2,1-2H3,(H,17,18). The van der Waals surface area contributed by atoms with E-state index in [1.165, 1.54) is 6.07 Å². The van der Waals surface area contributed by atoms with Crippen LogP contribution in [0.15, 0.2) is 39.5 Å². The van der Waals surface area contributed by atoms with Crippen molar-refractivity contribution in [3.63, 3.8) is 0 Å². The molecule has 0 aliphatic carbocycles. The van der Waals surface area contributed by atoms with Crippen molar-refractivity contribution in [3.05, 3.63) is 46.3 Å². The maximum absolute atomic E-state index is 12.1. The van der Waals surface area contributed by atoms with Crippen molar-refractivity contribution < 1.29 is 13.9 Å². The Morgan fingerprint density at radius 3 is 2.82 bits per heavy atom. The molecule has 112 valence electrons. The minimum absolute atomic E-state index is 0.208. The zero-order valence-corrected chi connectivity index (χ0v) is 12.2. The summed E-state index contributed by atoms with van der Waals surface area (Å²) in [6.07, 6.45) is 0. The Hall–Kier alpha value is -2.89. The molecule has 0 saturated heterocycles. The van der Waals surface area contributed by atoms with E-state index < -0.39 is 11.6 Å². The first-order valence-corrected chi connectivity index (χ1v) is 6.87. The van der Waals surface area contributed by atoms with Gasteiger partial charge in [-0.2, -0.15) is 0 Å². The van der Waals surface area contributed by atoms with Gasteiger partial charge in [-0.1, -0.05) is 12.1 Å². The number of hydrogen-bond acceptors (Lipinski definition) is 6. The molecule has 1 N–H and O–H groups in total. The van der Waals surface area contributed by atoms with E-state index in [1.807, 2.05) is 12.1 Å². The zero-order chi connectivity index (χ0) is 15.7. The SMILES string of the molecule is CCOC(=O)c1cc2c(=O)oc3ccccc3c2nc1NC. The quantitative estimate of drug-likeness (QED) is 0.454. The second-order valence-corrected chi connectivity index (χ2v) is 4.64. The molecule has 0 spiro atoms. The molecule has 6 nitrogen and oxygen atoms in total. The van der Waals surface area contributed by atoms with E-state index in [9.17, 15) is 9.59 Å². The molecule has 2 aromatic heterocycles. The van der Waals surface area contributed by atoms with Crippen molar-refractivity contribution in [1.29, 1.82) is 0 Å². The van der Waals surface area contributed by atoms with Gasteiger partial charge in [-0.05, 0) is 25.1 Å². The number of benzene rings is 1. The molecule has 0 saturated carbocycles. The van der Waals surface area contributed by atoms with Crippen LogP contribution in [0.4, 0.5) is 5.82 Å². The topological polar surface area (TPSA) is 81.4 Å². The molecular formula is C16H14N2O4. The molecule has 6 heteroatoms. The van der Waals surface area contributed by atoms with Crippen molar-refractivity contribution >= 4 is 33.7 Å². The molecule has 3 aromatic rings. The summed E-state index contributed by atoms with van der Waals surface area (Å²) < 4.78 is 10.3. The molecule has 1 aromatic carbocycles. The average molecular weight is 298 g/mol. The van der Waals surface area contributed by atoms with Crippen molar-refractivity contribution in [2.24, 2.45) is 0 Å². The monoisotopic (exact) mass is 298 g/mol.